The average Bonchev–Trinajstić information content (AvgIpc) is 2.84. The molecule has 0 radical (unpaired) electrons. The van der Waals surface area contributed by atoms with Crippen molar-refractivity contribution < 1.29 is 9.53 Å². The van der Waals surface area contributed by atoms with Crippen molar-refractivity contribution in [2.75, 3.05) is 13.2 Å². The highest BCUT2D eigenvalue weighted by Gasteiger charge is 2.27. The molecule has 3 rings (SSSR count). The van der Waals surface area contributed by atoms with Crippen molar-refractivity contribution in [2.45, 2.75) is 51.0 Å². The third-order valence-electron chi connectivity index (χ3n) is 4.96. The normalized spacial score (nSPS) is 24.4. The Morgan fingerprint density at radius 2 is 2.14 bits per heavy atom. The van der Waals surface area contributed by atoms with Crippen LogP contribution in [0.4, 0.5) is 0 Å². The SMILES string of the molecule is NC(=O)[C@H]1CCCCC[C@H]1NCCc1ccc2c(c1)CCO2. The minimum absolute atomic E-state index is 0.00378. The van der Waals surface area contributed by atoms with Crippen molar-refractivity contribution in [3.63, 3.8) is 0 Å². The molecular formula is C18H26N2O2. The predicted octanol–water partition coefficient (Wildman–Crippen LogP) is 2.19. The maximum absolute atomic E-state index is 11.6. The topological polar surface area (TPSA) is 64.4 Å². The summed E-state index contributed by atoms with van der Waals surface area (Å²) in [5, 5.41) is 3.58. The van der Waals surface area contributed by atoms with Crippen LogP contribution in [-0.4, -0.2) is 25.1 Å². The van der Waals surface area contributed by atoms with Gasteiger partial charge in [0.25, 0.3) is 0 Å². The van der Waals surface area contributed by atoms with E-state index in [1.54, 1.807) is 0 Å². The molecule has 1 aromatic rings. The molecule has 1 aliphatic heterocycles. The first-order valence-corrected chi connectivity index (χ1v) is 8.51. The lowest BCUT2D eigenvalue weighted by molar-refractivity contribution is -0.122. The number of nitrogens with one attached hydrogen (secondary N) is 1. The van der Waals surface area contributed by atoms with Crippen molar-refractivity contribution in [1.29, 1.82) is 0 Å². The molecule has 0 spiro atoms. The van der Waals surface area contributed by atoms with E-state index in [9.17, 15) is 4.79 Å². The van der Waals surface area contributed by atoms with Gasteiger partial charge in [-0.3, -0.25) is 4.79 Å². The van der Waals surface area contributed by atoms with E-state index >= 15 is 0 Å². The van der Waals surface area contributed by atoms with Crippen LogP contribution in [0.25, 0.3) is 0 Å². The molecule has 0 bridgehead atoms. The molecule has 3 N–H and O–H groups in total. The Morgan fingerprint density at radius 1 is 1.27 bits per heavy atom. The van der Waals surface area contributed by atoms with Gasteiger partial charge in [0.15, 0.2) is 0 Å². The number of nitrogens with two attached hydrogens (primary N) is 1. The molecule has 1 aromatic carbocycles. The molecule has 1 amide bonds. The van der Waals surface area contributed by atoms with Crippen LogP contribution < -0.4 is 15.8 Å². The Hall–Kier alpha value is -1.55. The second-order valence-corrected chi connectivity index (χ2v) is 6.50. The lowest BCUT2D eigenvalue weighted by atomic mass is 9.94. The fraction of sp³-hybridized carbons (Fsp3) is 0.611. The number of benzene rings is 1. The number of hydrogen-bond donors (Lipinski definition) is 2. The highest BCUT2D eigenvalue weighted by Crippen LogP contribution is 2.26. The van der Waals surface area contributed by atoms with Gasteiger partial charge in [0.2, 0.25) is 5.91 Å². The van der Waals surface area contributed by atoms with Crippen LogP contribution in [0.1, 0.15) is 43.2 Å². The molecule has 0 unspecified atom stereocenters. The van der Waals surface area contributed by atoms with Gasteiger partial charge in [-0.1, -0.05) is 31.4 Å². The average molecular weight is 302 g/mol. The molecule has 22 heavy (non-hydrogen) atoms. The van der Waals surface area contributed by atoms with Gasteiger partial charge >= 0.3 is 0 Å². The second kappa shape index (κ2) is 7.14. The minimum atomic E-state index is -0.144. The highest BCUT2D eigenvalue weighted by atomic mass is 16.5. The molecule has 1 fully saturated rings. The lowest BCUT2D eigenvalue weighted by Gasteiger charge is -2.23. The first kappa shape index (κ1) is 15.3. The number of hydrogen-bond acceptors (Lipinski definition) is 3. The van der Waals surface area contributed by atoms with E-state index in [1.807, 2.05) is 0 Å². The first-order chi connectivity index (χ1) is 10.7. The van der Waals surface area contributed by atoms with E-state index in [-0.39, 0.29) is 17.9 Å². The van der Waals surface area contributed by atoms with Gasteiger partial charge in [0, 0.05) is 12.5 Å². The lowest BCUT2D eigenvalue weighted by Crippen LogP contribution is -2.42. The summed E-state index contributed by atoms with van der Waals surface area (Å²) >= 11 is 0. The van der Waals surface area contributed by atoms with Crippen LogP contribution >= 0.6 is 0 Å². The van der Waals surface area contributed by atoms with E-state index < -0.39 is 0 Å². The van der Waals surface area contributed by atoms with Crippen molar-refractivity contribution >= 4 is 5.91 Å². The molecule has 120 valence electrons. The quantitative estimate of drug-likeness (QED) is 0.820. The van der Waals surface area contributed by atoms with Gasteiger partial charge < -0.3 is 15.8 Å². The number of rotatable bonds is 5. The molecule has 1 heterocycles. The number of fused-ring (bicyclic) bond motifs is 1. The largest absolute Gasteiger partial charge is 0.493 e. The van der Waals surface area contributed by atoms with Crippen molar-refractivity contribution in [2.24, 2.45) is 11.7 Å². The summed E-state index contributed by atoms with van der Waals surface area (Å²) in [6, 6.07) is 6.72. The fourth-order valence-electron chi connectivity index (χ4n) is 3.69. The maximum Gasteiger partial charge on any atom is 0.222 e. The van der Waals surface area contributed by atoms with E-state index in [1.165, 1.54) is 24.0 Å². The van der Waals surface area contributed by atoms with Gasteiger partial charge in [0.05, 0.1) is 12.5 Å². The summed E-state index contributed by atoms with van der Waals surface area (Å²) in [5.74, 6) is 0.888. The summed E-state index contributed by atoms with van der Waals surface area (Å²) in [7, 11) is 0. The molecule has 2 aliphatic rings. The van der Waals surface area contributed by atoms with Gasteiger partial charge in [-0.25, -0.2) is 0 Å². The zero-order valence-electron chi connectivity index (χ0n) is 13.1. The Kier molecular flexibility index (Phi) is 4.98. The molecule has 2 atom stereocenters. The summed E-state index contributed by atoms with van der Waals surface area (Å²) in [5.41, 5.74) is 8.23. The van der Waals surface area contributed by atoms with Crippen molar-refractivity contribution in [3.8, 4) is 5.75 Å². The number of amides is 1. The fourth-order valence-corrected chi connectivity index (χ4v) is 3.69. The Bertz CT molecular complexity index is 530. The second-order valence-electron chi connectivity index (χ2n) is 6.50. The number of carbonyl (C=O) groups is 1. The van der Waals surface area contributed by atoms with E-state index in [4.69, 9.17) is 10.5 Å². The highest BCUT2D eigenvalue weighted by molar-refractivity contribution is 5.77. The summed E-state index contributed by atoms with van der Waals surface area (Å²) < 4.78 is 5.54. The Labute approximate surface area is 132 Å². The monoisotopic (exact) mass is 302 g/mol. The van der Waals surface area contributed by atoms with Gasteiger partial charge in [-0.15, -0.1) is 0 Å². The summed E-state index contributed by atoms with van der Waals surface area (Å²) in [6.07, 6.45) is 7.52. The van der Waals surface area contributed by atoms with Gasteiger partial charge in [-0.05, 0) is 43.0 Å². The zero-order valence-corrected chi connectivity index (χ0v) is 13.1. The van der Waals surface area contributed by atoms with Crippen molar-refractivity contribution in [1.82, 2.24) is 5.32 Å². The summed E-state index contributed by atoms with van der Waals surface area (Å²) in [4.78, 5) is 11.6. The third kappa shape index (κ3) is 3.61. The molecule has 0 aromatic heterocycles. The minimum Gasteiger partial charge on any atom is -0.493 e. The van der Waals surface area contributed by atoms with Crippen LogP contribution in [0.15, 0.2) is 18.2 Å². The number of carbonyl (C=O) groups excluding carboxylic acids is 1. The molecule has 0 saturated heterocycles. The van der Waals surface area contributed by atoms with Crippen LogP contribution in [0.2, 0.25) is 0 Å². The van der Waals surface area contributed by atoms with Gasteiger partial charge in [0.1, 0.15) is 5.75 Å². The molecule has 4 heteroatoms. The predicted molar refractivity (Wildman–Crippen MR) is 86.9 cm³/mol. The van der Waals surface area contributed by atoms with E-state index in [0.29, 0.717) is 0 Å². The third-order valence-corrected chi connectivity index (χ3v) is 4.96. The Balaban J connectivity index is 1.54. The maximum atomic E-state index is 11.6. The van der Waals surface area contributed by atoms with E-state index in [2.05, 4.69) is 23.5 Å². The first-order valence-electron chi connectivity index (χ1n) is 8.51. The van der Waals surface area contributed by atoms with Crippen LogP contribution in [0.3, 0.4) is 0 Å². The number of primary amides is 1. The van der Waals surface area contributed by atoms with Crippen LogP contribution in [0.5, 0.6) is 5.75 Å². The zero-order chi connectivity index (χ0) is 15.4. The molecule has 4 nitrogen and oxygen atoms in total. The smallest absolute Gasteiger partial charge is 0.222 e. The number of ether oxygens (including phenoxy) is 1. The standard InChI is InChI=1S/C18H26N2O2/c19-18(21)15-4-2-1-3-5-16(15)20-10-8-13-6-7-17-14(12-13)9-11-22-17/h6-7,12,15-16,20H,1-5,8-11H2,(H2,19,21)/t15-,16+/m0/s1. The summed E-state index contributed by atoms with van der Waals surface area (Å²) in [6.45, 7) is 1.70. The molecular weight excluding hydrogens is 276 g/mol. The van der Waals surface area contributed by atoms with Gasteiger partial charge in [-0.2, -0.15) is 0 Å². The van der Waals surface area contributed by atoms with E-state index in [0.717, 1.165) is 51.0 Å². The van der Waals surface area contributed by atoms with Crippen LogP contribution in [-0.2, 0) is 17.6 Å². The van der Waals surface area contributed by atoms with Crippen molar-refractivity contribution in [3.05, 3.63) is 29.3 Å². The molecule has 1 saturated carbocycles. The Morgan fingerprint density at radius 3 is 3.00 bits per heavy atom. The van der Waals surface area contributed by atoms with Crippen LogP contribution in [0, 0.1) is 5.92 Å². The molecule has 1 aliphatic carbocycles.